The Morgan fingerprint density at radius 3 is 2.63 bits per heavy atom. The third-order valence-electron chi connectivity index (χ3n) is 3.50. The van der Waals surface area contributed by atoms with Gasteiger partial charge in [0.1, 0.15) is 10.6 Å². The molecule has 2 atom stereocenters. The Labute approximate surface area is 112 Å². The molecule has 1 heterocycles. The van der Waals surface area contributed by atoms with Crippen molar-refractivity contribution in [3.8, 4) is 0 Å². The first-order valence-electron chi connectivity index (χ1n) is 6.34. The molecule has 106 valence electrons. The molecule has 1 saturated carbocycles. The van der Waals surface area contributed by atoms with Gasteiger partial charge in [0.2, 0.25) is 10.0 Å². The molecule has 0 bridgehead atoms. The van der Waals surface area contributed by atoms with E-state index in [9.17, 15) is 13.2 Å². The van der Waals surface area contributed by atoms with Gasteiger partial charge in [0, 0.05) is 18.8 Å². The molecular weight excluding hydrogens is 268 g/mol. The Kier molecular flexibility index (Phi) is 3.69. The number of sulfonamides is 1. The summed E-state index contributed by atoms with van der Waals surface area (Å²) in [5, 5.41) is 9.01. The quantitative estimate of drug-likeness (QED) is 0.824. The Hall–Kier alpha value is -1.34. The summed E-state index contributed by atoms with van der Waals surface area (Å²) in [6.07, 6.45) is 3.18. The van der Waals surface area contributed by atoms with E-state index in [2.05, 4.69) is 4.72 Å². The molecule has 19 heavy (non-hydrogen) atoms. The van der Waals surface area contributed by atoms with E-state index >= 15 is 0 Å². The molecule has 0 spiro atoms. The summed E-state index contributed by atoms with van der Waals surface area (Å²) in [5.74, 6) is -0.719. The molecule has 0 radical (unpaired) electrons. The van der Waals surface area contributed by atoms with Crippen LogP contribution in [-0.4, -0.2) is 30.1 Å². The van der Waals surface area contributed by atoms with Crippen LogP contribution in [0.1, 0.15) is 37.2 Å². The molecule has 1 fully saturated rings. The van der Waals surface area contributed by atoms with Crippen molar-refractivity contribution in [1.29, 1.82) is 0 Å². The van der Waals surface area contributed by atoms with Crippen LogP contribution in [0.5, 0.6) is 0 Å². The Bertz CT molecular complexity index is 591. The lowest BCUT2D eigenvalue weighted by Gasteiger charge is -2.03. The zero-order valence-corrected chi connectivity index (χ0v) is 11.8. The second-order valence-electron chi connectivity index (χ2n) is 4.78. The summed E-state index contributed by atoms with van der Waals surface area (Å²) in [5.41, 5.74) is -0.00860. The molecule has 0 aliphatic heterocycles. The van der Waals surface area contributed by atoms with Crippen LogP contribution in [0.2, 0.25) is 0 Å². The predicted molar refractivity (Wildman–Crippen MR) is 69.6 cm³/mol. The maximum atomic E-state index is 12.1. The highest BCUT2D eigenvalue weighted by molar-refractivity contribution is 7.89. The Balaban J connectivity index is 2.23. The van der Waals surface area contributed by atoms with E-state index in [0.29, 0.717) is 12.5 Å². The van der Waals surface area contributed by atoms with Crippen LogP contribution in [0.3, 0.4) is 0 Å². The molecular formula is C12H18N2O4S. The van der Waals surface area contributed by atoms with Crippen molar-refractivity contribution >= 4 is 16.0 Å². The van der Waals surface area contributed by atoms with E-state index in [4.69, 9.17) is 5.11 Å². The Morgan fingerprint density at radius 2 is 2.21 bits per heavy atom. The molecule has 2 N–H and O–H groups in total. The largest absolute Gasteiger partial charge is 0.477 e. The van der Waals surface area contributed by atoms with Gasteiger partial charge in [-0.2, -0.15) is 0 Å². The molecule has 0 saturated heterocycles. The molecule has 1 aliphatic carbocycles. The lowest BCUT2D eigenvalue weighted by molar-refractivity contribution is 0.0685. The number of aryl methyl sites for hydroxylation is 1. The maximum Gasteiger partial charge on any atom is 0.352 e. The first kappa shape index (κ1) is 14.1. The van der Waals surface area contributed by atoms with Gasteiger partial charge in [-0.15, -0.1) is 0 Å². The average Bonchev–Trinajstić information content (AvgIpc) is 2.92. The number of nitrogens with one attached hydrogen (secondary N) is 1. The van der Waals surface area contributed by atoms with Gasteiger partial charge in [-0.1, -0.05) is 13.3 Å². The van der Waals surface area contributed by atoms with Crippen LogP contribution in [0.4, 0.5) is 0 Å². The summed E-state index contributed by atoms with van der Waals surface area (Å²) in [6.45, 7) is 4.21. The molecule has 1 aliphatic rings. The number of aromatic nitrogens is 1. The van der Waals surface area contributed by atoms with E-state index in [1.165, 1.54) is 16.8 Å². The van der Waals surface area contributed by atoms with Crippen molar-refractivity contribution in [1.82, 2.24) is 9.29 Å². The lowest BCUT2D eigenvalue weighted by atomic mass is 10.3. The highest BCUT2D eigenvalue weighted by Crippen LogP contribution is 2.34. The summed E-state index contributed by atoms with van der Waals surface area (Å²) in [6, 6.07) is 1.20. The van der Waals surface area contributed by atoms with Gasteiger partial charge >= 0.3 is 5.97 Å². The number of carboxylic acids is 1. The summed E-state index contributed by atoms with van der Waals surface area (Å²) in [4.78, 5) is 11.0. The van der Waals surface area contributed by atoms with Gasteiger partial charge in [0.25, 0.3) is 0 Å². The zero-order chi connectivity index (χ0) is 14.2. The predicted octanol–water partition coefficient (Wildman–Crippen LogP) is 1.28. The van der Waals surface area contributed by atoms with Crippen LogP contribution < -0.4 is 4.72 Å². The molecule has 2 unspecified atom stereocenters. The number of carbonyl (C=O) groups is 1. The van der Waals surface area contributed by atoms with E-state index in [0.717, 1.165) is 12.8 Å². The molecule has 0 amide bonds. The molecule has 2 rings (SSSR count). The number of carboxylic acid groups (broad SMARTS) is 1. The van der Waals surface area contributed by atoms with Gasteiger partial charge in [-0.3, -0.25) is 0 Å². The minimum Gasteiger partial charge on any atom is -0.477 e. The number of aromatic carboxylic acids is 1. The topological polar surface area (TPSA) is 88.4 Å². The van der Waals surface area contributed by atoms with Crippen molar-refractivity contribution in [2.75, 3.05) is 0 Å². The minimum atomic E-state index is -3.62. The molecule has 0 aromatic carbocycles. The molecule has 7 heteroatoms. The fourth-order valence-electron chi connectivity index (χ4n) is 2.18. The zero-order valence-electron chi connectivity index (χ0n) is 11.0. The summed E-state index contributed by atoms with van der Waals surface area (Å²) >= 11 is 0. The van der Waals surface area contributed by atoms with Gasteiger partial charge in [-0.05, 0) is 25.3 Å². The van der Waals surface area contributed by atoms with E-state index in [1.807, 2.05) is 6.92 Å². The van der Waals surface area contributed by atoms with Crippen LogP contribution >= 0.6 is 0 Å². The number of hydrogen-bond donors (Lipinski definition) is 2. The normalized spacial score (nSPS) is 22.4. The van der Waals surface area contributed by atoms with E-state index < -0.39 is 16.0 Å². The lowest BCUT2D eigenvalue weighted by Crippen LogP contribution is -2.26. The van der Waals surface area contributed by atoms with Gasteiger partial charge in [0.15, 0.2) is 0 Å². The van der Waals surface area contributed by atoms with E-state index in [-0.39, 0.29) is 16.6 Å². The first-order chi connectivity index (χ1) is 8.89. The number of nitrogens with zero attached hydrogens (tertiary/aromatic N) is 1. The van der Waals surface area contributed by atoms with Crippen molar-refractivity contribution < 1.29 is 18.3 Å². The fourth-order valence-corrected chi connectivity index (χ4v) is 3.54. The number of hydrogen-bond acceptors (Lipinski definition) is 3. The highest BCUT2D eigenvalue weighted by atomic mass is 32.2. The van der Waals surface area contributed by atoms with Crippen LogP contribution in [-0.2, 0) is 16.6 Å². The molecule has 6 nitrogen and oxygen atoms in total. The minimum absolute atomic E-state index is 0.00625. The average molecular weight is 286 g/mol. The second kappa shape index (κ2) is 4.97. The van der Waals surface area contributed by atoms with Crippen molar-refractivity contribution in [3.63, 3.8) is 0 Å². The van der Waals surface area contributed by atoms with Crippen molar-refractivity contribution in [2.45, 2.75) is 44.2 Å². The van der Waals surface area contributed by atoms with Gasteiger partial charge in [0.05, 0.1) is 0 Å². The Morgan fingerprint density at radius 1 is 1.53 bits per heavy atom. The fraction of sp³-hybridized carbons (Fsp3) is 0.583. The van der Waals surface area contributed by atoms with Crippen molar-refractivity contribution in [2.24, 2.45) is 5.92 Å². The van der Waals surface area contributed by atoms with Crippen LogP contribution in [0.15, 0.2) is 17.2 Å². The first-order valence-corrected chi connectivity index (χ1v) is 7.83. The molecule has 1 aromatic rings. The van der Waals surface area contributed by atoms with E-state index in [1.54, 1.807) is 6.92 Å². The standard InChI is InChI=1S/C12H18N2O4S/c1-3-8-5-10(8)13-19(17,18)9-6-11(12(15)16)14(4-2)7-9/h6-8,10,13H,3-5H2,1-2H3,(H,15,16). The highest BCUT2D eigenvalue weighted by Gasteiger charge is 2.39. The van der Waals surface area contributed by atoms with Crippen LogP contribution in [0, 0.1) is 5.92 Å². The third kappa shape index (κ3) is 2.82. The smallest absolute Gasteiger partial charge is 0.352 e. The SMILES string of the molecule is CCC1CC1NS(=O)(=O)c1cc(C(=O)O)n(CC)c1. The van der Waals surface area contributed by atoms with Gasteiger partial charge in [-0.25, -0.2) is 17.9 Å². The van der Waals surface area contributed by atoms with Crippen LogP contribution in [0.25, 0.3) is 0 Å². The second-order valence-corrected chi connectivity index (χ2v) is 6.50. The maximum absolute atomic E-state index is 12.1. The monoisotopic (exact) mass is 286 g/mol. The number of rotatable bonds is 6. The van der Waals surface area contributed by atoms with Gasteiger partial charge < -0.3 is 9.67 Å². The van der Waals surface area contributed by atoms with Crippen molar-refractivity contribution in [3.05, 3.63) is 18.0 Å². The summed E-state index contributed by atoms with van der Waals surface area (Å²) < 4.78 is 28.3. The third-order valence-corrected chi connectivity index (χ3v) is 4.95. The molecule has 1 aromatic heterocycles. The summed E-state index contributed by atoms with van der Waals surface area (Å²) in [7, 11) is -3.62.